The molecule has 0 saturated heterocycles. The lowest BCUT2D eigenvalue weighted by Gasteiger charge is -2.18. The SMILES string of the molecule is CCCCCC(OCC)OCCC(C)C. The van der Waals surface area contributed by atoms with Crippen molar-refractivity contribution in [3.63, 3.8) is 0 Å². The van der Waals surface area contributed by atoms with Gasteiger partial charge in [-0.1, -0.05) is 33.6 Å². The van der Waals surface area contributed by atoms with Crippen LogP contribution in [0.1, 0.15) is 59.8 Å². The highest BCUT2D eigenvalue weighted by atomic mass is 16.7. The molecule has 0 saturated carbocycles. The second-order valence-electron chi connectivity index (χ2n) is 4.43. The van der Waals surface area contributed by atoms with Crippen LogP contribution in [0.5, 0.6) is 0 Å². The molecule has 1 unspecified atom stereocenters. The van der Waals surface area contributed by atoms with Crippen LogP contribution in [0.15, 0.2) is 0 Å². The minimum absolute atomic E-state index is 0.0281. The van der Waals surface area contributed by atoms with Crippen LogP contribution < -0.4 is 0 Å². The van der Waals surface area contributed by atoms with E-state index >= 15 is 0 Å². The average molecular weight is 216 g/mol. The van der Waals surface area contributed by atoms with Crippen LogP contribution in [-0.2, 0) is 9.47 Å². The molecule has 1 atom stereocenters. The van der Waals surface area contributed by atoms with Crippen LogP contribution in [0.3, 0.4) is 0 Å². The summed E-state index contributed by atoms with van der Waals surface area (Å²) >= 11 is 0. The molecule has 0 aromatic carbocycles. The molecule has 0 bridgehead atoms. The van der Waals surface area contributed by atoms with Crippen LogP contribution in [0, 0.1) is 5.92 Å². The van der Waals surface area contributed by atoms with Crippen LogP contribution in [0.2, 0.25) is 0 Å². The van der Waals surface area contributed by atoms with Crippen LogP contribution >= 0.6 is 0 Å². The third kappa shape index (κ3) is 10.2. The molecule has 0 aliphatic heterocycles. The van der Waals surface area contributed by atoms with Crippen LogP contribution in [0.25, 0.3) is 0 Å². The van der Waals surface area contributed by atoms with Crippen molar-refractivity contribution in [3.8, 4) is 0 Å². The van der Waals surface area contributed by atoms with E-state index in [1.54, 1.807) is 0 Å². The number of hydrogen-bond acceptors (Lipinski definition) is 2. The lowest BCUT2D eigenvalue weighted by Crippen LogP contribution is -2.18. The van der Waals surface area contributed by atoms with Gasteiger partial charge >= 0.3 is 0 Å². The predicted octanol–water partition coefficient (Wildman–Crippen LogP) is 3.99. The topological polar surface area (TPSA) is 18.5 Å². The van der Waals surface area contributed by atoms with Gasteiger partial charge in [-0.05, 0) is 32.1 Å². The van der Waals surface area contributed by atoms with Crippen molar-refractivity contribution in [1.82, 2.24) is 0 Å². The Morgan fingerprint density at radius 1 is 0.933 bits per heavy atom. The summed E-state index contributed by atoms with van der Waals surface area (Å²) in [6.45, 7) is 10.3. The van der Waals surface area contributed by atoms with Gasteiger partial charge in [0.25, 0.3) is 0 Å². The molecule has 2 heteroatoms. The Labute approximate surface area is 95.3 Å². The molecule has 15 heavy (non-hydrogen) atoms. The number of unbranched alkanes of at least 4 members (excludes halogenated alkanes) is 2. The minimum atomic E-state index is 0.0281. The zero-order valence-electron chi connectivity index (χ0n) is 10.9. The Kier molecular flexibility index (Phi) is 10.4. The van der Waals surface area contributed by atoms with Gasteiger partial charge in [-0.3, -0.25) is 0 Å². The second-order valence-corrected chi connectivity index (χ2v) is 4.43. The molecule has 0 fully saturated rings. The molecule has 92 valence electrons. The van der Waals surface area contributed by atoms with E-state index in [1.165, 1.54) is 19.3 Å². The highest BCUT2D eigenvalue weighted by Gasteiger charge is 2.08. The Morgan fingerprint density at radius 3 is 2.20 bits per heavy atom. The summed E-state index contributed by atoms with van der Waals surface area (Å²) in [5.41, 5.74) is 0. The number of ether oxygens (including phenoxy) is 2. The highest BCUT2D eigenvalue weighted by Crippen LogP contribution is 2.10. The molecular weight excluding hydrogens is 188 g/mol. The van der Waals surface area contributed by atoms with Crippen molar-refractivity contribution in [2.45, 2.75) is 66.1 Å². The molecule has 0 amide bonds. The average Bonchev–Trinajstić information content (AvgIpc) is 2.17. The first-order valence-corrected chi connectivity index (χ1v) is 6.43. The van der Waals surface area contributed by atoms with Gasteiger partial charge in [-0.15, -0.1) is 0 Å². The molecule has 0 N–H and O–H groups in total. The normalized spacial score (nSPS) is 13.4. The first-order valence-electron chi connectivity index (χ1n) is 6.43. The fourth-order valence-electron chi connectivity index (χ4n) is 1.40. The van der Waals surface area contributed by atoms with Gasteiger partial charge in [0.15, 0.2) is 6.29 Å². The van der Waals surface area contributed by atoms with E-state index in [2.05, 4.69) is 20.8 Å². The summed E-state index contributed by atoms with van der Waals surface area (Å²) in [5.74, 6) is 0.711. The fraction of sp³-hybridized carbons (Fsp3) is 1.00. The van der Waals surface area contributed by atoms with E-state index in [1.807, 2.05) is 6.92 Å². The number of hydrogen-bond donors (Lipinski definition) is 0. The maximum absolute atomic E-state index is 5.72. The fourth-order valence-corrected chi connectivity index (χ4v) is 1.40. The van der Waals surface area contributed by atoms with Gasteiger partial charge in [-0.2, -0.15) is 0 Å². The molecule has 0 heterocycles. The molecular formula is C13H28O2. The Balaban J connectivity index is 3.53. The van der Waals surface area contributed by atoms with Crippen LogP contribution in [0.4, 0.5) is 0 Å². The van der Waals surface area contributed by atoms with E-state index in [0.717, 1.165) is 26.1 Å². The zero-order chi connectivity index (χ0) is 11.5. The summed E-state index contributed by atoms with van der Waals surface area (Å²) in [4.78, 5) is 0. The third-order valence-electron chi connectivity index (χ3n) is 2.39. The van der Waals surface area contributed by atoms with Crippen LogP contribution in [-0.4, -0.2) is 19.5 Å². The van der Waals surface area contributed by atoms with E-state index in [-0.39, 0.29) is 6.29 Å². The van der Waals surface area contributed by atoms with E-state index in [9.17, 15) is 0 Å². The molecule has 0 aromatic heterocycles. The lowest BCUT2D eigenvalue weighted by atomic mass is 10.1. The molecule has 0 aromatic rings. The highest BCUT2D eigenvalue weighted by molar-refractivity contribution is 4.49. The molecule has 0 aliphatic carbocycles. The molecule has 0 aliphatic rings. The largest absolute Gasteiger partial charge is 0.353 e. The summed E-state index contributed by atoms with van der Waals surface area (Å²) in [6.07, 6.45) is 5.93. The Hall–Kier alpha value is -0.0800. The van der Waals surface area contributed by atoms with Gasteiger partial charge in [0.2, 0.25) is 0 Å². The quantitative estimate of drug-likeness (QED) is 0.406. The minimum Gasteiger partial charge on any atom is -0.353 e. The van der Waals surface area contributed by atoms with Crippen molar-refractivity contribution in [1.29, 1.82) is 0 Å². The summed E-state index contributed by atoms with van der Waals surface area (Å²) < 4.78 is 11.3. The van der Waals surface area contributed by atoms with Crippen molar-refractivity contribution in [3.05, 3.63) is 0 Å². The first-order chi connectivity index (χ1) is 7.20. The molecule has 0 rings (SSSR count). The smallest absolute Gasteiger partial charge is 0.157 e. The maximum Gasteiger partial charge on any atom is 0.157 e. The predicted molar refractivity (Wildman–Crippen MR) is 65.0 cm³/mol. The van der Waals surface area contributed by atoms with Gasteiger partial charge in [0.1, 0.15) is 0 Å². The van der Waals surface area contributed by atoms with E-state index < -0.39 is 0 Å². The van der Waals surface area contributed by atoms with Gasteiger partial charge < -0.3 is 9.47 Å². The molecule has 0 spiro atoms. The number of rotatable bonds is 10. The standard InChI is InChI=1S/C13H28O2/c1-5-7-8-9-13(14-6-2)15-11-10-12(3)4/h12-13H,5-11H2,1-4H3. The van der Waals surface area contributed by atoms with E-state index in [0.29, 0.717) is 5.92 Å². The monoisotopic (exact) mass is 216 g/mol. The summed E-state index contributed by atoms with van der Waals surface area (Å²) in [6, 6.07) is 0. The summed E-state index contributed by atoms with van der Waals surface area (Å²) in [7, 11) is 0. The van der Waals surface area contributed by atoms with Crippen molar-refractivity contribution >= 4 is 0 Å². The first kappa shape index (κ1) is 14.9. The van der Waals surface area contributed by atoms with Gasteiger partial charge in [-0.25, -0.2) is 0 Å². The molecule has 0 radical (unpaired) electrons. The van der Waals surface area contributed by atoms with Crippen molar-refractivity contribution in [2.75, 3.05) is 13.2 Å². The maximum atomic E-state index is 5.72. The van der Waals surface area contributed by atoms with Crippen molar-refractivity contribution < 1.29 is 9.47 Å². The lowest BCUT2D eigenvalue weighted by molar-refractivity contribution is -0.145. The van der Waals surface area contributed by atoms with Gasteiger partial charge in [0, 0.05) is 13.2 Å². The Bertz CT molecular complexity index is 124. The van der Waals surface area contributed by atoms with Gasteiger partial charge in [0.05, 0.1) is 0 Å². The third-order valence-corrected chi connectivity index (χ3v) is 2.39. The second kappa shape index (κ2) is 10.4. The zero-order valence-corrected chi connectivity index (χ0v) is 10.9. The van der Waals surface area contributed by atoms with Crippen molar-refractivity contribution in [2.24, 2.45) is 5.92 Å². The van der Waals surface area contributed by atoms with E-state index in [4.69, 9.17) is 9.47 Å². The molecule has 2 nitrogen and oxygen atoms in total. The summed E-state index contributed by atoms with van der Waals surface area (Å²) in [5, 5.41) is 0. The Morgan fingerprint density at radius 2 is 1.67 bits per heavy atom.